The number of carboxylic acids is 1. The zero-order valence-electron chi connectivity index (χ0n) is 11.9. The zero-order chi connectivity index (χ0) is 14.1. The predicted molar refractivity (Wildman–Crippen MR) is 72.8 cm³/mol. The first kappa shape index (κ1) is 16.0. The first-order valence-electron chi connectivity index (χ1n) is 7.54. The lowest BCUT2D eigenvalue weighted by Crippen LogP contribution is -2.28. The Bertz CT molecular complexity index is 288. The van der Waals surface area contributed by atoms with Gasteiger partial charge in [-0.25, -0.2) is 0 Å². The second-order valence-corrected chi connectivity index (χ2v) is 5.48. The van der Waals surface area contributed by atoms with Gasteiger partial charge < -0.3 is 9.84 Å². The van der Waals surface area contributed by atoms with E-state index in [1.54, 1.807) is 0 Å². The molecule has 0 aromatic rings. The molecule has 19 heavy (non-hydrogen) atoms. The Kier molecular flexibility index (Phi) is 7.53. The number of carbonyl (C=O) groups is 2. The number of aliphatic carboxylic acids is 1. The van der Waals surface area contributed by atoms with Crippen LogP contribution in [-0.4, -0.2) is 23.7 Å². The minimum atomic E-state index is -0.780. The highest BCUT2D eigenvalue weighted by molar-refractivity contribution is 5.75. The number of carbonyl (C=O) groups excluding carboxylic acids is 1. The van der Waals surface area contributed by atoms with Crippen molar-refractivity contribution in [1.82, 2.24) is 0 Å². The fourth-order valence-electron chi connectivity index (χ4n) is 2.62. The highest BCUT2D eigenvalue weighted by Gasteiger charge is 2.31. The third kappa shape index (κ3) is 6.08. The Hall–Kier alpha value is -1.06. The summed E-state index contributed by atoms with van der Waals surface area (Å²) in [4.78, 5) is 22.8. The molecule has 0 saturated heterocycles. The second kappa shape index (κ2) is 8.94. The van der Waals surface area contributed by atoms with E-state index in [-0.39, 0.29) is 17.8 Å². The van der Waals surface area contributed by atoms with Gasteiger partial charge in [0.1, 0.15) is 0 Å². The molecule has 0 heterocycles. The number of hydrogen-bond acceptors (Lipinski definition) is 3. The van der Waals surface area contributed by atoms with Gasteiger partial charge in [0.15, 0.2) is 0 Å². The summed E-state index contributed by atoms with van der Waals surface area (Å²) in [6.07, 6.45) is 8.38. The molecular weight excluding hydrogens is 244 g/mol. The molecule has 110 valence electrons. The van der Waals surface area contributed by atoms with Gasteiger partial charge in [0.25, 0.3) is 0 Å². The lowest BCUT2D eigenvalue weighted by atomic mass is 9.81. The Morgan fingerprint density at radius 1 is 1.11 bits per heavy atom. The van der Waals surface area contributed by atoms with Crippen molar-refractivity contribution >= 4 is 11.9 Å². The minimum absolute atomic E-state index is 0.193. The Balaban J connectivity index is 2.16. The van der Waals surface area contributed by atoms with E-state index < -0.39 is 5.97 Å². The third-order valence-corrected chi connectivity index (χ3v) is 3.85. The molecule has 1 aliphatic rings. The number of unbranched alkanes of at least 4 members (excludes halogenated alkanes) is 4. The molecule has 1 rings (SSSR count). The quantitative estimate of drug-likeness (QED) is 0.542. The van der Waals surface area contributed by atoms with Crippen LogP contribution in [-0.2, 0) is 14.3 Å². The molecule has 1 fully saturated rings. The second-order valence-electron chi connectivity index (χ2n) is 5.48. The van der Waals surface area contributed by atoms with Gasteiger partial charge in [-0.2, -0.15) is 0 Å². The van der Waals surface area contributed by atoms with Crippen molar-refractivity contribution in [2.24, 2.45) is 11.8 Å². The maximum atomic E-state index is 11.8. The maximum absolute atomic E-state index is 11.8. The standard InChI is InChI=1S/C15H26O4/c1-2-3-4-5-6-10-19-15(18)13-9-7-8-12(11-13)14(16)17/h12-13H,2-11H2,1H3,(H,16,17). The van der Waals surface area contributed by atoms with Gasteiger partial charge in [0.2, 0.25) is 0 Å². The molecule has 0 radical (unpaired) electrons. The van der Waals surface area contributed by atoms with Crippen LogP contribution >= 0.6 is 0 Å². The van der Waals surface area contributed by atoms with E-state index in [2.05, 4.69) is 6.92 Å². The van der Waals surface area contributed by atoms with Crippen LogP contribution in [0.4, 0.5) is 0 Å². The van der Waals surface area contributed by atoms with Gasteiger partial charge in [-0.3, -0.25) is 9.59 Å². The highest BCUT2D eigenvalue weighted by Crippen LogP contribution is 2.30. The summed E-state index contributed by atoms with van der Waals surface area (Å²) >= 11 is 0. The summed E-state index contributed by atoms with van der Waals surface area (Å²) in [7, 11) is 0. The zero-order valence-corrected chi connectivity index (χ0v) is 11.9. The number of carboxylic acid groups (broad SMARTS) is 1. The molecular formula is C15H26O4. The molecule has 0 aromatic carbocycles. The number of rotatable bonds is 8. The van der Waals surface area contributed by atoms with E-state index in [0.717, 1.165) is 25.7 Å². The van der Waals surface area contributed by atoms with Gasteiger partial charge in [0, 0.05) is 0 Å². The first-order chi connectivity index (χ1) is 9.15. The largest absolute Gasteiger partial charge is 0.481 e. The van der Waals surface area contributed by atoms with Crippen LogP contribution in [0.2, 0.25) is 0 Å². The fraction of sp³-hybridized carbons (Fsp3) is 0.867. The van der Waals surface area contributed by atoms with Crippen molar-refractivity contribution in [1.29, 1.82) is 0 Å². The summed E-state index contributed by atoms with van der Waals surface area (Å²) in [6, 6.07) is 0. The van der Waals surface area contributed by atoms with Gasteiger partial charge >= 0.3 is 11.9 Å². The SMILES string of the molecule is CCCCCCCOC(=O)C1CCCC(C(=O)O)C1. The molecule has 0 aliphatic heterocycles. The maximum Gasteiger partial charge on any atom is 0.308 e. The Morgan fingerprint density at radius 2 is 1.79 bits per heavy atom. The van der Waals surface area contributed by atoms with Crippen LogP contribution < -0.4 is 0 Å². The van der Waals surface area contributed by atoms with Crippen LogP contribution in [0.3, 0.4) is 0 Å². The van der Waals surface area contributed by atoms with Crippen LogP contribution in [0.5, 0.6) is 0 Å². The number of ether oxygens (including phenoxy) is 1. The van der Waals surface area contributed by atoms with Gasteiger partial charge in [-0.1, -0.05) is 39.0 Å². The van der Waals surface area contributed by atoms with E-state index in [1.165, 1.54) is 19.3 Å². The van der Waals surface area contributed by atoms with Crippen LogP contribution in [0.15, 0.2) is 0 Å². The molecule has 1 N–H and O–H groups in total. The molecule has 0 amide bonds. The number of esters is 1. The van der Waals surface area contributed by atoms with E-state index in [4.69, 9.17) is 9.84 Å². The lowest BCUT2D eigenvalue weighted by molar-refractivity contribution is -0.152. The van der Waals surface area contributed by atoms with Crippen LogP contribution in [0.1, 0.15) is 64.7 Å². The summed E-state index contributed by atoms with van der Waals surface area (Å²) in [5, 5.41) is 8.98. The summed E-state index contributed by atoms with van der Waals surface area (Å²) in [6.45, 7) is 2.65. The Labute approximate surface area is 115 Å². The fourth-order valence-corrected chi connectivity index (χ4v) is 2.62. The highest BCUT2D eigenvalue weighted by atomic mass is 16.5. The lowest BCUT2D eigenvalue weighted by Gasteiger charge is -2.25. The van der Waals surface area contributed by atoms with E-state index in [1.807, 2.05) is 0 Å². The van der Waals surface area contributed by atoms with Gasteiger partial charge in [0.05, 0.1) is 18.4 Å². The van der Waals surface area contributed by atoms with Crippen molar-refractivity contribution in [3.05, 3.63) is 0 Å². The molecule has 0 aromatic heterocycles. The molecule has 0 spiro atoms. The minimum Gasteiger partial charge on any atom is -0.481 e. The van der Waals surface area contributed by atoms with Crippen LogP contribution in [0, 0.1) is 11.8 Å². The predicted octanol–water partition coefficient (Wildman–Crippen LogP) is 3.39. The van der Waals surface area contributed by atoms with Crippen molar-refractivity contribution in [2.45, 2.75) is 64.7 Å². The molecule has 1 aliphatic carbocycles. The van der Waals surface area contributed by atoms with Crippen molar-refractivity contribution in [2.75, 3.05) is 6.61 Å². The molecule has 4 nitrogen and oxygen atoms in total. The Morgan fingerprint density at radius 3 is 2.47 bits per heavy atom. The molecule has 1 saturated carbocycles. The van der Waals surface area contributed by atoms with Crippen molar-refractivity contribution < 1.29 is 19.4 Å². The topological polar surface area (TPSA) is 63.6 Å². The molecule has 0 bridgehead atoms. The van der Waals surface area contributed by atoms with Gasteiger partial charge in [-0.05, 0) is 25.7 Å². The summed E-state index contributed by atoms with van der Waals surface area (Å²) in [5.74, 6) is -1.54. The van der Waals surface area contributed by atoms with Gasteiger partial charge in [-0.15, -0.1) is 0 Å². The smallest absolute Gasteiger partial charge is 0.308 e. The van der Waals surface area contributed by atoms with Crippen LogP contribution in [0.25, 0.3) is 0 Å². The third-order valence-electron chi connectivity index (χ3n) is 3.85. The first-order valence-corrected chi connectivity index (χ1v) is 7.54. The van der Waals surface area contributed by atoms with Crippen molar-refractivity contribution in [3.63, 3.8) is 0 Å². The summed E-state index contributed by atoms with van der Waals surface area (Å²) in [5.41, 5.74) is 0. The van der Waals surface area contributed by atoms with E-state index in [0.29, 0.717) is 19.4 Å². The normalized spacial score (nSPS) is 23.0. The molecule has 2 atom stereocenters. The number of hydrogen-bond donors (Lipinski definition) is 1. The molecule has 4 heteroatoms. The summed E-state index contributed by atoms with van der Waals surface area (Å²) < 4.78 is 5.26. The van der Waals surface area contributed by atoms with Crippen molar-refractivity contribution in [3.8, 4) is 0 Å². The average Bonchev–Trinajstić information content (AvgIpc) is 2.42. The van der Waals surface area contributed by atoms with E-state index >= 15 is 0 Å². The monoisotopic (exact) mass is 270 g/mol. The molecule has 2 unspecified atom stereocenters. The van der Waals surface area contributed by atoms with E-state index in [9.17, 15) is 9.59 Å². The average molecular weight is 270 g/mol.